The first kappa shape index (κ1) is 15.3. The van der Waals surface area contributed by atoms with Gasteiger partial charge in [0, 0.05) is 6.42 Å². The summed E-state index contributed by atoms with van der Waals surface area (Å²) in [6.07, 6.45) is 9.35. The number of rotatable bonds is 5. The molecule has 0 aromatic rings. The fourth-order valence-electron chi connectivity index (χ4n) is 3.49. The topological polar surface area (TPSA) is 38.7 Å². The smallest absolute Gasteiger partial charge is 0.163 e. The molecule has 0 amide bonds. The molecule has 112 valence electrons. The van der Waals surface area contributed by atoms with E-state index in [1.54, 1.807) is 0 Å². The summed E-state index contributed by atoms with van der Waals surface area (Å²) >= 11 is 0. The molecule has 3 atom stereocenters. The van der Waals surface area contributed by atoms with E-state index in [0.29, 0.717) is 6.42 Å². The lowest BCUT2D eigenvalue weighted by molar-refractivity contribution is -0.149. The second-order valence-corrected chi connectivity index (χ2v) is 6.75. The minimum atomic E-state index is -0.489. The monoisotopic (exact) mass is 270 g/mol. The Morgan fingerprint density at radius 1 is 1.11 bits per heavy atom. The molecule has 1 saturated heterocycles. The largest absolute Gasteiger partial charge is 0.393 e. The Morgan fingerprint density at radius 3 is 2.37 bits per heavy atom. The summed E-state index contributed by atoms with van der Waals surface area (Å²) in [5, 5.41) is 9.88. The van der Waals surface area contributed by atoms with Crippen molar-refractivity contribution < 1.29 is 14.6 Å². The quantitative estimate of drug-likeness (QED) is 0.829. The first-order valence-corrected chi connectivity index (χ1v) is 8.04. The van der Waals surface area contributed by atoms with E-state index < -0.39 is 5.79 Å². The van der Waals surface area contributed by atoms with Crippen LogP contribution in [-0.2, 0) is 9.47 Å². The molecule has 3 nitrogen and oxygen atoms in total. The third kappa shape index (κ3) is 4.44. The highest BCUT2D eigenvalue weighted by atomic mass is 16.7. The third-order valence-electron chi connectivity index (χ3n) is 4.55. The predicted molar refractivity (Wildman–Crippen MR) is 75.9 cm³/mol. The van der Waals surface area contributed by atoms with Crippen molar-refractivity contribution in [1.82, 2.24) is 0 Å². The molecular weight excluding hydrogens is 240 g/mol. The Kier molecular flexibility index (Phi) is 5.27. The Bertz CT molecular complexity index is 271. The number of ether oxygens (including phenoxy) is 2. The van der Waals surface area contributed by atoms with Crippen LogP contribution in [0.2, 0.25) is 0 Å². The van der Waals surface area contributed by atoms with E-state index in [9.17, 15) is 5.11 Å². The Labute approximate surface area is 117 Å². The van der Waals surface area contributed by atoms with Crippen LogP contribution in [0.1, 0.15) is 72.1 Å². The zero-order valence-corrected chi connectivity index (χ0v) is 12.7. The summed E-state index contributed by atoms with van der Waals surface area (Å²) < 4.78 is 12.1. The maximum absolute atomic E-state index is 9.88. The summed E-state index contributed by atoms with van der Waals surface area (Å²) in [4.78, 5) is 0. The van der Waals surface area contributed by atoms with Gasteiger partial charge in [-0.25, -0.2) is 0 Å². The van der Waals surface area contributed by atoms with Crippen molar-refractivity contribution in [3.63, 3.8) is 0 Å². The number of aliphatic hydroxyl groups is 1. The molecular formula is C16H30O3. The molecule has 2 fully saturated rings. The van der Waals surface area contributed by atoms with Gasteiger partial charge in [-0.1, -0.05) is 39.0 Å². The highest BCUT2D eigenvalue weighted by Gasteiger charge is 2.42. The summed E-state index contributed by atoms with van der Waals surface area (Å²) in [6.45, 7) is 5.99. The van der Waals surface area contributed by atoms with Crippen LogP contribution in [-0.4, -0.2) is 29.2 Å². The molecule has 1 aliphatic carbocycles. The van der Waals surface area contributed by atoms with Gasteiger partial charge >= 0.3 is 0 Å². The zero-order valence-electron chi connectivity index (χ0n) is 12.7. The first-order chi connectivity index (χ1) is 9.00. The van der Waals surface area contributed by atoms with E-state index in [0.717, 1.165) is 18.8 Å². The molecule has 0 radical (unpaired) electrons. The molecule has 0 spiro atoms. The van der Waals surface area contributed by atoms with Crippen LogP contribution >= 0.6 is 0 Å². The average molecular weight is 270 g/mol. The zero-order chi connectivity index (χ0) is 13.9. The van der Waals surface area contributed by atoms with Gasteiger partial charge in [-0.05, 0) is 32.6 Å². The Balaban J connectivity index is 1.90. The fraction of sp³-hybridized carbons (Fsp3) is 1.00. The van der Waals surface area contributed by atoms with Gasteiger partial charge in [0.05, 0.1) is 18.3 Å². The number of aliphatic hydroxyl groups excluding tert-OH is 1. The van der Waals surface area contributed by atoms with Gasteiger partial charge in [-0.15, -0.1) is 0 Å². The van der Waals surface area contributed by atoms with E-state index >= 15 is 0 Å². The molecule has 2 aliphatic rings. The molecule has 0 unspecified atom stereocenters. The molecule has 1 aliphatic heterocycles. The molecule has 19 heavy (non-hydrogen) atoms. The van der Waals surface area contributed by atoms with Gasteiger partial charge in [0.25, 0.3) is 0 Å². The van der Waals surface area contributed by atoms with E-state index in [2.05, 4.69) is 0 Å². The van der Waals surface area contributed by atoms with Gasteiger partial charge in [0.1, 0.15) is 0 Å². The van der Waals surface area contributed by atoms with Gasteiger partial charge in [-0.2, -0.15) is 0 Å². The highest BCUT2D eigenvalue weighted by Crippen LogP contribution is 2.37. The molecule has 3 heteroatoms. The SMILES string of the molecule is CC[C@@H](O)C[C@H]1OC(C)(C)O[C@@H]1CC1CCCCC1. The predicted octanol–water partition coefficient (Wildman–Crippen LogP) is 3.64. The van der Waals surface area contributed by atoms with Crippen LogP contribution in [0, 0.1) is 5.92 Å². The van der Waals surface area contributed by atoms with Gasteiger partial charge in [-0.3, -0.25) is 0 Å². The van der Waals surface area contributed by atoms with Crippen molar-refractivity contribution in [2.45, 2.75) is 96.2 Å². The van der Waals surface area contributed by atoms with E-state index in [1.165, 1.54) is 32.1 Å². The van der Waals surface area contributed by atoms with Gasteiger partial charge in [0.2, 0.25) is 0 Å². The van der Waals surface area contributed by atoms with Crippen LogP contribution in [0.15, 0.2) is 0 Å². The van der Waals surface area contributed by atoms with Crippen LogP contribution in [0.3, 0.4) is 0 Å². The maximum Gasteiger partial charge on any atom is 0.163 e. The van der Waals surface area contributed by atoms with Crippen LogP contribution in [0.5, 0.6) is 0 Å². The van der Waals surface area contributed by atoms with E-state index in [-0.39, 0.29) is 18.3 Å². The molecule has 0 aromatic heterocycles. The van der Waals surface area contributed by atoms with Crippen molar-refractivity contribution in [3.8, 4) is 0 Å². The van der Waals surface area contributed by atoms with Crippen molar-refractivity contribution in [2.75, 3.05) is 0 Å². The van der Waals surface area contributed by atoms with Crippen molar-refractivity contribution >= 4 is 0 Å². The molecule has 0 aromatic carbocycles. The number of hydrogen-bond donors (Lipinski definition) is 1. The second kappa shape index (κ2) is 6.55. The van der Waals surface area contributed by atoms with Crippen LogP contribution in [0.4, 0.5) is 0 Å². The van der Waals surface area contributed by atoms with Crippen LogP contribution < -0.4 is 0 Å². The van der Waals surface area contributed by atoms with E-state index in [4.69, 9.17) is 9.47 Å². The number of hydrogen-bond acceptors (Lipinski definition) is 3. The summed E-state index contributed by atoms with van der Waals surface area (Å²) in [6, 6.07) is 0. The van der Waals surface area contributed by atoms with Crippen molar-refractivity contribution in [1.29, 1.82) is 0 Å². The Morgan fingerprint density at radius 2 is 1.74 bits per heavy atom. The fourth-order valence-corrected chi connectivity index (χ4v) is 3.49. The maximum atomic E-state index is 9.88. The molecule has 0 bridgehead atoms. The second-order valence-electron chi connectivity index (χ2n) is 6.75. The molecule has 2 rings (SSSR count). The first-order valence-electron chi connectivity index (χ1n) is 8.04. The molecule has 1 heterocycles. The molecule has 1 N–H and O–H groups in total. The van der Waals surface area contributed by atoms with E-state index in [1.807, 2.05) is 20.8 Å². The third-order valence-corrected chi connectivity index (χ3v) is 4.55. The minimum Gasteiger partial charge on any atom is -0.393 e. The lowest BCUT2D eigenvalue weighted by Gasteiger charge is -2.26. The Hall–Kier alpha value is -0.120. The van der Waals surface area contributed by atoms with Crippen molar-refractivity contribution in [3.05, 3.63) is 0 Å². The minimum absolute atomic E-state index is 0.0619. The lowest BCUT2D eigenvalue weighted by atomic mass is 9.84. The molecule has 1 saturated carbocycles. The summed E-state index contributed by atoms with van der Waals surface area (Å²) in [5.74, 6) is 0.301. The van der Waals surface area contributed by atoms with Crippen LogP contribution in [0.25, 0.3) is 0 Å². The summed E-state index contributed by atoms with van der Waals surface area (Å²) in [5.41, 5.74) is 0. The lowest BCUT2D eigenvalue weighted by Crippen LogP contribution is -2.29. The standard InChI is InChI=1S/C16H30O3/c1-4-13(17)11-15-14(18-16(2,3)19-15)10-12-8-6-5-7-9-12/h12-15,17H,4-11H2,1-3H3/t13-,14-,15-/m1/s1. The van der Waals surface area contributed by atoms with Gasteiger partial charge in [0.15, 0.2) is 5.79 Å². The highest BCUT2D eigenvalue weighted by molar-refractivity contribution is 4.85. The van der Waals surface area contributed by atoms with Gasteiger partial charge < -0.3 is 14.6 Å². The van der Waals surface area contributed by atoms with Crippen molar-refractivity contribution in [2.24, 2.45) is 5.92 Å². The normalized spacial score (nSPS) is 33.5. The average Bonchev–Trinajstić information content (AvgIpc) is 2.64. The summed E-state index contributed by atoms with van der Waals surface area (Å²) in [7, 11) is 0.